The maximum Gasteiger partial charge on any atom is 0.265 e. The molecular formula is C20H21N5OS. The van der Waals surface area contributed by atoms with Crippen molar-refractivity contribution < 1.29 is 4.79 Å². The van der Waals surface area contributed by atoms with Crippen LogP contribution in [0.5, 0.6) is 0 Å². The van der Waals surface area contributed by atoms with Gasteiger partial charge in [-0.1, -0.05) is 30.3 Å². The number of hydrogen-bond donors (Lipinski definition) is 1. The molecule has 0 saturated carbocycles. The summed E-state index contributed by atoms with van der Waals surface area (Å²) in [6.45, 7) is 3.78. The predicted octanol–water partition coefficient (Wildman–Crippen LogP) is 2.72. The quantitative estimate of drug-likeness (QED) is 0.753. The van der Waals surface area contributed by atoms with Crippen molar-refractivity contribution in [2.75, 3.05) is 19.6 Å². The predicted molar refractivity (Wildman–Crippen MR) is 106 cm³/mol. The number of amides is 1. The Kier molecular flexibility index (Phi) is 4.96. The van der Waals surface area contributed by atoms with E-state index in [1.54, 1.807) is 18.5 Å². The molecule has 3 aromatic rings. The van der Waals surface area contributed by atoms with Crippen LogP contribution in [0.15, 0.2) is 48.8 Å². The van der Waals surface area contributed by atoms with Gasteiger partial charge < -0.3 is 10.6 Å². The summed E-state index contributed by atoms with van der Waals surface area (Å²) in [5.41, 5.74) is 7.97. The zero-order chi connectivity index (χ0) is 18.8. The maximum absolute atomic E-state index is 13.2. The van der Waals surface area contributed by atoms with Gasteiger partial charge in [0.25, 0.3) is 5.91 Å². The van der Waals surface area contributed by atoms with E-state index in [4.69, 9.17) is 5.73 Å². The Bertz CT molecular complexity index is 928. The van der Waals surface area contributed by atoms with Crippen molar-refractivity contribution in [3.63, 3.8) is 0 Å². The molecule has 2 aromatic heterocycles. The lowest BCUT2D eigenvalue weighted by atomic mass is 9.89. The average Bonchev–Trinajstić information content (AvgIpc) is 3.33. The van der Waals surface area contributed by atoms with Gasteiger partial charge in [0, 0.05) is 31.4 Å². The van der Waals surface area contributed by atoms with Gasteiger partial charge in [-0.05, 0) is 31.0 Å². The summed E-state index contributed by atoms with van der Waals surface area (Å²) in [6, 6.07) is 12.1. The van der Waals surface area contributed by atoms with Crippen LogP contribution in [0.3, 0.4) is 0 Å². The van der Waals surface area contributed by atoms with Gasteiger partial charge in [-0.3, -0.25) is 4.79 Å². The molecule has 0 radical (unpaired) electrons. The second-order valence-corrected chi connectivity index (χ2v) is 7.73. The number of carbonyl (C=O) groups excluding carboxylic acids is 1. The summed E-state index contributed by atoms with van der Waals surface area (Å²) in [5, 5.41) is 0.672. The van der Waals surface area contributed by atoms with Gasteiger partial charge in [0.15, 0.2) is 10.8 Å². The van der Waals surface area contributed by atoms with E-state index in [1.165, 1.54) is 16.9 Å². The number of nitrogens with zero attached hydrogens (tertiary/aromatic N) is 4. The summed E-state index contributed by atoms with van der Waals surface area (Å²) >= 11 is 1.35. The first-order valence-corrected chi connectivity index (χ1v) is 9.78. The maximum atomic E-state index is 13.2. The minimum absolute atomic E-state index is 0.0177. The molecule has 0 spiro atoms. The molecule has 27 heavy (non-hydrogen) atoms. The summed E-state index contributed by atoms with van der Waals surface area (Å²) in [4.78, 5) is 28.7. The molecule has 0 unspecified atom stereocenters. The van der Waals surface area contributed by atoms with E-state index in [-0.39, 0.29) is 17.7 Å². The first-order valence-electron chi connectivity index (χ1n) is 8.96. The van der Waals surface area contributed by atoms with Gasteiger partial charge in [0.05, 0.1) is 5.69 Å². The molecule has 3 heterocycles. The summed E-state index contributed by atoms with van der Waals surface area (Å²) in [7, 11) is 0. The molecule has 0 aliphatic carbocycles. The van der Waals surface area contributed by atoms with Crippen molar-refractivity contribution in [3.05, 3.63) is 64.9 Å². The monoisotopic (exact) mass is 379 g/mol. The number of nitrogens with two attached hydrogens (primary N) is 1. The molecule has 1 saturated heterocycles. The Morgan fingerprint density at radius 3 is 2.63 bits per heavy atom. The summed E-state index contributed by atoms with van der Waals surface area (Å²) in [5.74, 6) is 1.10. The zero-order valence-corrected chi connectivity index (χ0v) is 15.9. The van der Waals surface area contributed by atoms with E-state index in [9.17, 15) is 4.79 Å². The number of aryl methyl sites for hydroxylation is 1. The van der Waals surface area contributed by atoms with Crippen molar-refractivity contribution >= 4 is 17.2 Å². The molecule has 1 aromatic carbocycles. The SMILES string of the molecule is Cc1nc(-c2ncccn2)sc1C(=O)N1C[C@@H](CN)[C@H](c2ccccc2)C1. The van der Waals surface area contributed by atoms with Crippen molar-refractivity contribution in [1.82, 2.24) is 19.9 Å². The topological polar surface area (TPSA) is 85.0 Å². The highest BCUT2D eigenvalue weighted by atomic mass is 32.1. The normalized spacial score (nSPS) is 19.4. The van der Waals surface area contributed by atoms with Gasteiger partial charge in [0.1, 0.15) is 4.88 Å². The highest BCUT2D eigenvalue weighted by Gasteiger charge is 2.36. The molecule has 1 aliphatic rings. The Balaban J connectivity index is 1.58. The van der Waals surface area contributed by atoms with Gasteiger partial charge in [-0.2, -0.15) is 0 Å². The fourth-order valence-corrected chi connectivity index (χ4v) is 4.58. The third kappa shape index (κ3) is 3.48. The zero-order valence-electron chi connectivity index (χ0n) is 15.1. The van der Waals surface area contributed by atoms with Crippen molar-refractivity contribution in [1.29, 1.82) is 0 Å². The van der Waals surface area contributed by atoms with E-state index >= 15 is 0 Å². The molecule has 2 atom stereocenters. The van der Waals surface area contributed by atoms with Crippen LogP contribution in [0, 0.1) is 12.8 Å². The first kappa shape index (κ1) is 17.8. The second-order valence-electron chi connectivity index (χ2n) is 6.73. The van der Waals surface area contributed by atoms with E-state index in [2.05, 4.69) is 27.1 Å². The number of thiazole rings is 1. The Morgan fingerprint density at radius 1 is 1.19 bits per heavy atom. The molecule has 6 nitrogen and oxygen atoms in total. The molecule has 138 valence electrons. The van der Waals surface area contributed by atoms with E-state index < -0.39 is 0 Å². The third-order valence-corrected chi connectivity index (χ3v) is 6.15. The molecule has 1 aliphatic heterocycles. The highest BCUT2D eigenvalue weighted by Crippen LogP contribution is 2.34. The third-order valence-electron chi connectivity index (χ3n) is 5.01. The molecule has 4 rings (SSSR count). The molecular weight excluding hydrogens is 358 g/mol. The Hall–Kier alpha value is -2.64. The molecule has 0 bridgehead atoms. The number of aromatic nitrogens is 3. The van der Waals surface area contributed by atoms with Crippen LogP contribution in [0.25, 0.3) is 10.8 Å². The summed E-state index contributed by atoms with van der Waals surface area (Å²) < 4.78 is 0. The number of hydrogen-bond acceptors (Lipinski definition) is 6. The van der Waals surface area contributed by atoms with Crippen molar-refractivity contribution in [2.24, 2.45) is 11.7 Å². The smallest absolute Gasteiger partial charge is 0.265 e. The van der Waals surface area contributed by atoms with Crippen LogP contribution in [0.4, 0.5) is 0 Å². The average molecular weight is 379 g/mol. The van der Waals surface area contributed by atoms with Gasteiger partial charge in [-0.25, -0.2) is 15.0 Å². The molecule has 2 N–H and O–H groups in total. The van der Waals surface area contributed by atoms with Crippen LogP contribution in [0.1, 0.15) is 26.8 Å². The number of rotatable bonds is 4. The Labute approximate surface area is 162 Å². The molecule has 1 amide bonds. The largest absolute Gasteiger partial charge is 0.337 e. The number of benzene rings is 1. The lowest BCUT2D eigenvalue weighted by Gasteiger charge is -2.16. The van der Waals surface area contributed by atoms with Crippen molar-refractivity contribution in [3.8, 4) is 10.8 Å². The fourth-order valence-electron chi connectivity index (χ4n) is 3.60. The standard InChI is InChI=1S/C20H21N5OS/c1-13-17(27-19(24-13)18-22-8-5-9-23-18)20(26)25-11-15(10-21)16(12-25)14-6-3-2-4-7-14/h2-9,15-16H,10-12,21H2,1H3/t15-,16+/m1/s1. The summed E-state index contributed by atoms with van der Waals surface area (Å²) in [6.07, 6.45) is 3.36. The lowest BCUT2D eigenvalue weighted by molar-refractivity contribution is 0.0790. The van der Waals surface area contributed by atoms with Gasteiger partial charge in [0.2, 0.25) is 0 Å². The fraction of sp³-hybridized carbons (Fsp3) is 0.300. The van der Waals surface area contributed by atoms with E-state index in [0.717, 1.165) is 5.69 Å². The van der Waals surface area contributed by atoms with Crippen LogP contribution in [0.2, 0.25) is 0 Å². The van der Waals surface area contributed by atoms with E-state index in [1.807, 2.05) is 30.0 Å². The highest BCUT2D eigenvalue weighted by molar-refractivity contribution is 7.17. The van der Waals surface area contributed by atoms with Crippen LogP contribution in [-0.2, 0) is 0 Å². The second kappa shape index (κ2) is 7.54. The van der Waals surface area contributed by atoms with Gasteiger partial charge in [-0.15, -0.1) is 11.3 Å². The Morgan fingerprint density at radius 2 is 1.93 bits per heavy atom. The van der Waals surface area contributed by atoms with Crippen LogP contribution < -0.4 is 5.73 Å². The number of carbonyl (C=O) groups is 1. The van der Waals surface area contributed by atoms with Crippen LogP contribution >= 0.6 is 11.3 Å². The van der Waals surface area contributed by atoms with Gasteiger partial charge >= 0.3 is 0 Å². The van der Waals surface area contributed by atoms with Crippen molar-refractivity contribution in [2.45, 2.75) is 12.8 Å². The number of likely N-dealkylation sites (tertiary alicyclic amines) is 1. The minimum Gasteiger partial charge on any atom is -0.337 e. The van der Waals surface area contributed by atoms with Crippen LogP contribution in [-0.4, -0.2) is 45.4 Å². The first-order chi connectivity index (χ1) is 13.2. The minimum atomic E-state index is 0.0177. The molecule has 7 heteroatoms. The van der Waals surface area contributed by atoms with E-state index in [0.29, 0.717) is 35.3 Å². The lowest BCUT2D eigenvalue weighted by Crippen LogP contribution is -2.29. The molecule has 1 fully saturated rings.